The van der Waals surface area contributed by atoms with E-state index in [-0.39, 0.29) is 0 Å². The van der Waals surface area contributed by atoms with Gasteiger partial charge in [-0.1, -0.05) is 77.5 Å². The van der Waals surface area contributed by atoms with Crippen LogP contribution in [0.5, 0.6) is 0 Å². The first-order valence-corrected chi connectivity index (χ1v) is 7.46. The maximum absolute atomic E-state index is 3.61. The summed E-state index contributed by atoms with van der Waals surface area (Å²) in [7, 11) is 0. The fourth-order valence-corrected chi connectivity index (χ4v) is 2.54. The molecule has 0 aliphatic carbocycles. The molecule has 0 bridgehead atoms. The van der Waals surface area contributed by atoms with Crippen molar-refractivity contribution < 1.29 is 0 Å². The molecule has 2 aromatic rings. The van der Waals surface area contributed by atoms with Crippen LogP contribution >= 0.6 is 15.9 Å². The summed E-state index contributed by atoms with van der Waals surface area (Å²) in [6, 6.07) is 19.4. The number of halogens is 1. The van der Waals surface area contributed by atoms with Gasteiger partial charge in [-0.05, 0) is 36.0 Å². The SMILES string of the molecule is CC(Br)CCCc1ccccc1-c1ccccc1. The van der Waals surface area contributed by atoms with Crippen LogP contribution in [0.1, 0.15) is 25.3 Å². The van der Waals surface area contributed by atoms with E-state index in [1.54, 1.807) is 0 Å². The molecule has 1 heteroatoms. The highest BCUT2D eigenvalue weighted by Crippen LogP contribution is 2.25. The number of rotatable bonds is 5. The van der Waals surface area contributed by atoms with E-state index in [4.69, 9.17) is 0 Å². The average molecular weight is 303 g/mol. The Morgan fingerprint density at radius 1 is 0.944 bits per heavy atom. The van der Waals surface area contributed by atoms with Gasteiger partial charge in [-0.15, -0.1) is 0 Å². The van der Waals surface area contributed by atoms with Gasteiger partial charge in [0, 0.05) is 4.83 Å². The zero-order chi connectivity index (χ0) is 12.8. The van der Waals surface area contributed by atoms with Crippen molar-refractivity contribution in [2.24, 2.45) is 0 Å². The van der Waals surface area contributed by atoms with Crippen LogP contribution in [0, 0.1) is 0 Å². The van der Waals surface area contributed by atoms with E-state index >= 15 is 0 Å². The molecule has 0 nitrogen and oxygen atoms in total. The number of hydrogen-bond acceptors (Lipinski definition) is 0. The molecule has 0 heterocycles. The van der Waals surface area contributed by atoms with Crippen LogP contribution in [-0.4, -0.2) is 4.83 Å². The van der Waals surface area contributed by atoms with E-state index in [0.29, 0.717) is 4.83 Å². The third-order valence-electron chi connectivity index (χ3n) is 3.15. The van der Waals surface area contributed by atoms with Crippen molar-refractivity contribution in [2.45, 2.75) is 31.0 Å². The number of alkyl halides is 1. The summed E-state index contributed by atoms with van der Waals surface area (Å²) in [6.07, 6.45) is 3.61. The molecule has 0 aromatic heterocycles. The highest BCUT2D eigenvalue weighted by Gasteiger charge is 2.04. The summed E-state index contributed by atoms with van der Waals surface area (Å²) >= 11 is 3.61. The Bertz CT molecular complexity index is 474. The predicted octanol–water partition coefficient (Wildman–Crippen LogP) is 5.46. The van der Waals surface area contributed by atoms with Crippen LogP contribution in [0.4, 0.5) is 0 Å². The van der Waals surface area contributed by atoms with Crippen molar-refractivity contribution in [3.05, 3.63) is 60.2 Å². The second kappa shape index (κ2) is 6.75. The van der Waals surface area contributed by atoms with Crippen LogP contribution in [0.15, 0.2) is 54.6 Å². The van der Waals surface area contributed by atoms with Crippen LogP contribution in [0.2, 0.25) is 0 Å². The van der Waals surface area contributed by atoms with Crippen molar-refractivity contribution in [3.8, 4) is 11.1 Å². The minimum atomic E-state index is 0.612. The van der Waals surface area contributed by atoms with E-state index in [0.717, 1.165) is 6.42 Å². The van der Waals surface area contributed by atoms with Crippen molar-refractivity contribution >= 4 is 15.9 Å². The molecule has 2 aromatic carbocycles. The van der Waals surface area contributed by atoms with Crippen molar-refractivity contribution in [1.82, 2.24) is 0 Å². The molecule has 0 saturated heterocycles. The molecule has 0 amide bonds. The first-order chi connectivity index (χ1) is 8.77. The molecule has 0 aliphatic rings. The van der Waals surface area contributed by atoms with Crippen LogP contribution < -0.4 is 0 Å². The second-order valence-electron chi connectivity index (χ2n) is 4.70. The van der Waals surface area contributed by atoms with Crippen LogP contribution in [0.25, 0.3) is 11.1 Å². The third kappa shape index (κ3) is 3.71. The van der Waals surface area contributed by atoms with Crippen molar-refractivity contribution in [1.29, 1.82) is 0 Å². The Kier molecular flexibility index (Phi) is 5.00. The van der Waals surface area contributed by atoms with E-state index in [2.05, 4.69) is 77.5 Å². The molecule has 2 rings (SSSR count). The Morgan fingerprint density at radius 2 is 1.61 bits per heavy atom. The van der Waals surface area contributed by atoms with E-state index in [1.165, 1.54) is 29.5 Å². The Balaban J connectivity index is 2.16. The topological polar surface area (TPSA) is 0 Å². The summed E-state index contributed by atoms with van der Waals surface area (Å²) in [5.41, 5.74) is 4.15. The first-order valence-electron chi connectivity index (χ1n) is 6.55. The number of benzene rings is 2. The highest BCUT2D eigenvalue weighted by atomic mass is 79.9. The Morgan fingerprint density at radius 3 is 2.33 bits per heavy atom. The summed E-state index contributed by atoms with van der Waals surface area (Å²) in [5, 5.41) is 0. The highest BCUT2D eigenvalue weighted by molar-refractivity contribution is 9.09. The van der Waals surface area contributed by atoms with Gasteiger partial charge in [0.2, 0.25) is 0 Å². The molecule has 94 valence electrons. The lowest BCUT2D eigenvalue weighted by atomic mass is 9.96. The molecule has 0 radical (unpaired) electrons. The zero-order valence-corrected chi connectivity index (χ0v) is 12.4. The third-order valence-corrected chi connectivity index (χ3v) is 3.61. The Labute approximate surface area is 118 Å². The lowest BCUT2D eigenvalue weighted by Crippen LogP contribution is -1.94. The summed E-state index contributed by atoms with van der Waals surface area (Å²) in [6.45, 7) is 2.21. The summed E-state index contributed by atoms with van der Waals surface area (Å²) in [5.74, 6) is 0. The lowest BCUT2D eigenvalue weighted by Gasteiger charge is -2.10. The zero-order valence-electron chi connectivity index (χ0n) is 10.8. The molecule has 0 spiro atoms. The van der Waals surface area contributed by atoms with Crippen molar-refractivity contribution in [3.63, 3.8) is 0 Å². The normalized spacial score (nSPS) is 12.3. The number of aryl methyl sites for hydroxylation is 1. The van der Waals surface area contributed by atoms with E-state index < -0.39 is 0 Å². The molecule has 0 saturated carbocycles. The van der Waals surface area contributed by atoms with Gasteiger partial charge in [0.1, 0.15) is 0 Å². The molecule has 0 fully saturated rings. The smallest absolute Gasteiger partial charge is 0.0117 e. The maximum atomic E-state index is 3.61. The largest absolute Gasteiger partial charge is 0.0894 e. The molecular formula is C17H19Br. The summed E-state index contributed by atoms with van der Waals surface area (Å²) in [4.78, 5) is 0.612. The minimum absolute atomic E-state index is 0.612. The fourth-order valence-electron chi connectivity index (χ4n) is 2.21. The monoisotopic (exact) mass is 302 g/mol. The van der Waals surface area contributed by atoms with Gasteiger partial charge in [0.05, 0.1) is 0 Å². The quantitative estimate of drug-likeness (QED) is 0.643. The number of hydrogen-bond donors (Lipinski definition) is 0. The second-order valence-corrected chi connectivity index (χ2v) is 6.26. The van der Waals surface area contributed by atoms with Crippen molar-refractivity contribution in [2.75, 3.05) is 0 Å². The van der Waals surface area contributed by atoms with Crippen LogP contribution in [-0.2, 0) is 6.42 Å². The van der Waals surface area contributed by atoms with Gasteiger partial charge in [0.15, 0.2) is 0 Å². The first kappa shape index (κ1) is 13.4. The molecule has 18 heavy (non-hydrogen) atoms. The van der Waals surface area contributed by atoms with Gasteiger partial charge in [-0.2, -0.15) is 0 Å². The lowest BCUT2D eigenvalue weighted by molar-refractivity contribution is 0.737. The van der Waals surface area contributed by atoms with Gasteiger partial charge in [0.25, 0.3) is 0 Å². The molecule has 0 N–H and O–H groups in total. The maximum Gasteiger partial charge on any atom is 0.0117 e. The minimum Gasteiger partial charge on any atom is -0.0894 e. The molecule has 1 unspecified atom stereocenters. The summed E-state index contributed by atoms with van der Waals surface area (Å²) < 4.78 is 0. The predicted molar refractivity (Wildman–Crippen MR) is 83.2 cm³/mol. The van der Waals surface area contributed by atoms with E-state index in [9.17, 15) is 0 Å². The van der Waals surface area contributed by atoms with Gasteiger partial charge >= 0.3 is 0 Å². The average Bonchev–Trinajstić information content (AvgIpc) is 2.40. The van der Waals surface area contributed by atoms with Crippen LogP contribution in [0.3, 0.4) is 0 Å². The molecule has 0 aliphatic heterocycles. The Hall–Kier alpha value is -1.08. The molecular weight excluding hydrogens is 284 g/mol. The standard InChI is InChI=1S/C17H19Br/c1-14(18)8-7-12-16-11-5-6-13-17(16)15-9-3-2-4-10-15/h2-6,9-11,13-14H,7-8,12H2,1H3. The molecule has 1 atom stereocenters. The van der Waals surface area contributed by atoms with E-state index in [1.807, 2.05) is 0 Å². The van der Waals surface area contributed by atoms with Gasteiger partial charge in [-0.3, -0.25) is 0 Å². The fraction of sp³-hybridized carbons (Fsp3) is 0.294. The van der Waals surface area contributed by atoms with Gasteiger partial charge in [-0.25, -0.2) is 0 Å². The van der Waals surface area contributed by atoms with Gasteiger partial charge < -0.3 is 0 Å².